The number of aliphatic hydroxyl groups excluding tert-OH is 3. The molecule has 1 heterocycles. The zero-order chi connectivity index (χ0) is 24.1. The molecule has 11 heteroatoms. The number of aliphatic imine (C=N–C) groups is 1. The van der Waals surface area contributed by atoms with Gasteiger partial charge in [0.25, 0.3) is 0 Å². The summed E-state index contributed by atoms with van der Waals surface area (Å²) in [4.78, 5) is 4.86. The van der Waals surface area contributed by atoms with Gasteiger partial charge in [0, 0.05) is 22.9 Å². The summed E-state index contributed by atoms with van der Waals surface area (Å²) in [5.41, 5.74) is 4.57. The van der Waals surface area contributed by atoms with Gasteiger partial charge in [-0.15, -0.1) is 0 Å². The van der Waals surface area contributed by atoms with Crippen molar-refractivity contribution in [2.24, 2.45) is 10.7 Å². The van der Waals surface area contributed by atoms with Gasteiger partial charge in [-0.3, -0.25) is 4.99 Å². The molecule has 5 N–H and O–H groups in total. The first-order chi connectivity index (χ1) is 15.8. The fourth-order valence-electron chi connectivity index (χ4n) is 3.25. The van der Waals surface area contributed by atoms with Gasteiger partial charge in [0.2, 0.25) is 0 Å². The second-order valence-corrected chi connectivity index (χ2v) is 8.32. The summed E-state index contributed by atoms with van der Waals surface area (Å²) in [6, 6.07) is 7.33. The molecular formula is C22H23F3N2O5S. The molecular weight excluding hydrogens is 461 g/mol. The first-order valence-electron chi connectivity index (χ1n) is 9.82. The minimum atomic E-state index is -1.62. The van der Waals surface area contributed by atoms with E-state index in [1.165, 1.54) is 7.11 Å². The van der Waals surface area contributed by atoms with Gasteiger partial charge in [-0.2, -0.15) is 0 Å². The van der Waals surface area contributed by atoms with Gasteiger partial charge in [0.05, 0.1) is 13.7 Å². The Hall–Kier alpha value is -2.57. The van der Waals surface area contributed by atoms with Gasteiger partial charge in [-0.1, -0.05) is 17.8 Å². The molecule has 0 saturated carbocycles. The summed E-state index contributed by atoms with van der Waals surface area (Å²) in [7, 11) is 1.51. The van der Waals surface area contributed by atoms with E-state index in [0.29, 0.717) is 10.6 Å². The normalized spacial score (nSPS) is 26.0. The van der Waals surface area contributed by atoms with Gasteiger partial charge in [0.1, 0.15) is 35.5 Å². The Morgan fingerprint density at radius 2 is 1.88 bits per heavy atom. The SMILES string of the molecule is COc1cccc(S[C@H]2OC(CO)[C@H](O)C(N=CC(=CN)c3cc(F)c(F)c(F)c3)C2O)c1. The number of hydrogen-bond donors (Lipinski definition) is 4. The quantitative estimate of drug-likeness (QED) is 0.351. The van der Waals surface area contributed by atoms with E-state index in [4.69, 9.17) is 15.2 Å². The molecule has 1 aliphatic rings. The highest BCUT2D eigenvalue weighted by Gasteiger charge is 2.44. The highest BCUT2D eigenvalue weighted by Crippen LogP contribution is 2.35. The number of benzene rings is 2. The summed E-state index contributed by atoms with van der Waals surface area (Å²) in [5, 5.41) is 31.0. The van der Waals surface area contributed by atoms with Gasteiger partial charge in [-0.05, 0) is 35.9 Å². The number of rotatable bonds is 7. The first kappa shape index (κ1) is 25.1. The number of ether oxygens (including phenoxy) is 2. The maximum absolute atomic E-state index is 13.6. The lowest BCUT2D eigenvalue weighted by molar-refractivity contribution is -0.159. The summed E-state index contributed by atoms with van der Waals surface area (Å²) in [6.07, 6.45) is -1.65. The molecule has 33 heavy (non-hydrogen) atoms. The average molecular weight is 484 g/mol. The second kappa shape index (κ2) is 11.0. The lowest BCUT2D eigenvalue weighted by Crippen LogP contribution is -2.56. The monoisotopic (exact) mass is 484 g/mol. The third-order valence-electron chi connectivity index (χ3n) is 5.02. The predicted molar refractivity (Wildman–Crippen MR) is 117 cm³/mol. The number of hydrogen-bond acceptors (Lipinski definition) is 8. The summed E-state index contributed by atoms with van der Waals surface area (Å²) < 4.78 is 51.3. The summed E-state index contributed by atoms with van der Waals surface area (Å²) >= 11 is 1.14. The number of nitrogens with zero attached hydrogens (tertiary/aromatic N) is 1. The van der Waals surface area contributed by atoms with Crippen molar-refractivity contribution in [1.29, 1.82) is 0 Å². The van der Waals surface area contributed by atoms with E-state index in [2.05, 4.69) is 4.99 Å². The smallest absolute Gasteiger partial charge is 0.194 e. The molecule has 0 aromatic heterocycles. The predicted octanol–water partition coefficient (Wildman–Crippen LogP) is 2.08. The van der Waals surface area contributed by atoms with Crippen molar-refractivity contribution in [2.75, 3.05) is 13.7 Å². The minimum Gasteiger partial charge on any atom is -0.497 e. The Kier molecular flexibility index (Phi) is 8.38. The van der Waals surface area contributed by atoms with Gasteiger partial charge >= 0.3 is 0 Å². The van der Waals surface area contributed by atoms with E-state index in [0.717, 1.165) is 36.3 Å². The number of halogens is 3. The summed E-state index contributed by atoms with van der Waals surface area (Å²) in [6.45, 7) is -0.539. The highest BCUT2D eigenvalue weighted by atomic mass is 32.2. The molecule has 1 aliphatic heterocycles. The molecule has 0 bridgehead atoms. The van der Waals surface area contributed by atoms with Crippen LogP contribution >= 0.6 is 11.8 Å². The average Bonchev–Trinajstić information content (AvgIpc) is 2.81. The number of allylic oxidation sites excluding steroid dienone is 1. The first-order valence-corrected chi connectivity index (χ1v) is 10.7. The van der Waals surface area contributed by atoms with Crippen LogP contribution in [0.4, 0.5) is 13.2 Å². The number of thioether (sulfide) groups is 1. The van der Waals surface area contributed by atoms with Gasteiger partial charge in [-0.25, -0.2) is 13.2 Å². The van der Waals surface area contributed by atoms with Gasteiger partial charge < -0.3 is 30.5 Å². The topological polar surface area (TPSA) is 118 Å². The fraction of sp³-hybridized carbons (Fsp3) is 0.318. The van der Waals surface area contributed by atoms with Crippen LogP contribution in [0.25, 0.3) is 5.57 Å². The van der Waals surface area contributed by atoms with Crippen LogP contribution in [0.3, 0.4) is 0 Å². The Balaban J connectivity index is 1.85. The minimum absolute atomic E-state index is 0.0243. The number of methoxy groups -OCH3 is 1. The van der Waals surface area contributed by atoms with Crippen LogP contribution in [0.1, 0.15) is 5.56 Å². The van der Waals surface area contributed by atoms with Crippen molar-refractivity contribution in [1.82, 2.24) is 0 Å². The molecule has 0 radical (unpaired) electrons. The highest BCUT2D eigenvalue weighted by molar-refractivity contribution is 7.99. The molecule has 1 saturated heterocycles. The molecule has 0 aliphatic carbocycles. The Labute approximate surface area is 192 Å². The van der Waals surface area contributed by atoms with Crippen LogP contribution < -0.4 is 10.5 Å². The molecule has 2 aromatic rings. The van der Waals surface area contributed by atoms with E-state index in [1.54, 1.807) is 24.3 Å². The third-order valence-corrected chi connectivity index (χ3v) is 6.17. The lowest BCUT2D eigenvalue weighted by atomic mass is 9.97. The molecule has 5 atom stereocenters. The molecule has 0 amide bonds. The van der Waals surface area contributed by atoms with Crippen molar-refractivity contribution in [3.8, 4) is 5.75 Å². The standard InChI is InChI=1S/C22H23F3N2O5S/c1-31-13-3-2-4-14(7-13)33-22-21(30)19(20(29)17(10-28)32-22)27-9-12(8-26)11-5-15(23)18(25)16(24)6-11/h2-9,17,19-22,28-30H,10,26H2,1H3/t17?,19?,20-,21?,22+/m0/s1. The van der Waals surface area contributed by atoms with E-state index in [-0.39, 0.29) is 11.1 Å². The Morgan fingerprint density at radius 3 is 2.48 bits per heavy atom. The number of nitrogens with two attached hydrogens (primary N) is 1. The van der Waals surface area contributed by atoms with E-state index in [9.17, 15) is 28.5 Å². The van der Waals surface area contributed by atoms with Crippen LogP contribution in [0.15, 0.2) is 52.5 Å². The maximum atomic E-state index is 13.6. The molecule has 1 fully saturated rings. The second-order valence-electron chi connectivity index (χ2n) is 7.15. The molecule has 178 valence electrons. The maximum Gasteiger partial charge on any atom is 0.194 e. The molecule has 0 spiro atoms. The van der Waals surface area contributed by atoms with Crippen LogP contribution in [0, 0.1) is 17.5 Å². The van der Waals surface area contributed by atoms with E-state index in [1.807, 2.05) is 0 Å². The fourth-order valence-corrected chi connectivity index (χ4v) is 4.36. The van der Waals surface area contributed by atoms with Crippen molar-refractivity contribution in [3.63, 3.8) is 0 Å². The van der Waals surface area contributed by atoms with Crippen molar-refractivity contribution in [2.45, 2.75) is 34.7 Å². The van der Waals surface area contributed by atoms with E-state index >= 15 is 0 Å². The van der Waals surface area contributed by atoms with Crippen molar-refractivity contribution < 1.29 is 38.0 Å². The molecule has 3 unspecified atom stereocenters. The zero-order valence-electron chi connectivity index (χ0n) is 17.4. The Morgan fingerprint density at radius 1 is 1.18 bits per heavy atom. The Bertz CT molecular complexity index is 1020. The largest absolute Gasteiger partial charge is 0.497 e. The summed E-state index contributed by atoms with van der Waals surface area (Å²) in [5.74, 6) is -3.83. The number of aliphatic hydroxyl groups is 3. The molecule has 3 rings (SSSR count). The van der Waals surface area contributed by atoms with Crippen molar-refractivity contribution in [3.05, 3.63) is 65.6 Å². The zero-order valence-corrected chi connectivity index (χ0v) is 18.3. The van der Waals surface area contributed by atoms with Crippen LogP contribution in [0.2, 0.25) is 0 Å². The molecule has 2 aromatic carbocycles. The van der Waals surface area contributed by atoms with Crippen LogP contribution in [0.5, 0.6) is 5.75 Å². The van der Waals surface area contributed by atoms with Crippen molar-refractivity contribution >= 4 is 23.5 Å². The third kappa shape index (κ3) is 5.68. The van der Waals surface area contributed by atoms with Gasteiger partial charge in [0.15, 0.2) is 17.5 Å². The lowest BCUT2D eigenvalue weighted by Gasteiger charge is -2.40. The van der Waals surface area contributed by atoms with E-state index < -0.39 is 53.8 Å². The van der Waals surface area contributed by atoms with Crippen LogP contribution in [-0.2, 0) is 4.74 Å². The molecule has 7 nitrogen and oxygen atoms in total. The van der Waals surface area contributed by atoms with Crippen LogP contribution in [-0.4, -0.2) is 65.0 Å².